The third-order valence-corrected chi connectivity index (χ3v) is 4.62. The molecular formula is C22H23N3O4. The van der Waals surface area contributed by atoms with Crippen LogP contribution in [-0.4, -0.2) is 35.5 Å². The molecule has 3 aromatic rings. The highest BCUT2D eigenvalue weighted by molar-refractivity contribution is 5.93. The van der Waals surface area contributed by atoms with Crippen LogP contribution in [0.4, 0.5) is 0 Å². The first kappa shape index (κ1) is 18.9. The minimum absolute atomic E-state index is 0.226. The summed E-state index contributed by atoms with van der Waals surface area (Å²) >= 11 is 0. The van der Waals surface area contributed by atoms with Crippen molar-refractivity contribution >= 4 is 5.91 Å². The third kappa shape index (κ3) is 4.03. The molecule has 0 fully saturated rings. The van der Waals surface area contributed by atoms with Crippen LogP contribution in [0.5, 0.6) is 17.4 Å². The molecule has 1 N–H and O–H groups in total. The highest BCUT2D eigenvalue weighted by atomic mass is 16.6. The van der Waals surface area contributed by atoms with E-state index >= 15 is 0 Å². The molecule has 0 saturated heterocycles. The lowest BCUT2D eigenvalue weighted by Crippen LogP contribution is -2.27. The molecule has 7 heteroatoms. The maximum atomic E-state index is 12.8. The highest BCUT2D eigenvalue weighted by Gasteiger charge is 2.20. The first-order valence-corrected chi connectivity index (χ1v) is 9.64. The van der Waals surface area contributed by atoms with Crippen molar-refractivity contribution in [1.82, 2.24) is 15.1 Å². The molecule has 1 aliphatic rings. The first-order chi connectivity index (χ1) is 14.2. The number of rotatable bonds is 6. The fourth-order valence-corrected chi connectivity index (χ4v) is 3.16. The van der Waals surface area contributed by atoms with Crippen molar-refractivity contribution < 1.29 is 19.0 Å². The Morgan fingerprint density at radius 3 is 2.66 bits per heavy atom. The van der Waals surface area contributed by atoms with Crippen LogP contribution in [0, 0.1) is 0 Å². The van der Waals surface area contributed by atoms with Gasteiger partial charge in [-0.3, -0.25) is 4.79 Å². The molecule has 150 valence electrons. The lowest BCUT2D eigenvalue weighted by atomic mass is 10.1. The summed E-state index contributed by atoms with van der Waals surface area (Å²) in [5.74, 6) is 1.67. The Labute approximate surface area is 169 Å². The smallest absolute Gasteiger partial charge is 0.272 e. The molecule has 0 bridgehead atoms. The van der Waals surface area contributed by atoms with Crippen molar-refractivity contribution in [3.05, 3.63) is 65.9 Å². The Bertz CT molecular complexity index is 1000. The van der Waals surface area contributed by atoms with E-state index in [1.165, 1.54) is 0 Å². The summed E-state index contributed by atoms with van der Waals surface area (Å²) in [5.41, 5.74) is 2.05. The van der Waals surface area contributed by atoms with E-state index in [4.69, 9.17) is 14.2 Å². The maximum Gasteiger partial charge on any atom is 0.272 e. The maximum absolute atomic E-state index is 12.8. The molecule has 2 heterocycles. The van der Waals surface area contributed by atoms with Crippen LogP contribution < -0.4 is 19.5 Å². The van der Waals surface area contributed by atoms with Crippen molar-refractivity contribution in [2.45, 2.75) is 19.9 Å². The van der Waals surface area contributed by atoms with Crippen LogP contribution in [0.25, 0.3) is 5.69 Å². The molecule has 0 aliphatic carbocycles. The van der Waals surface area contributed by atoms with Crippen molar-refractivity contribution in [3.63, 3.8) is 0 Å². The lowest BCUT2D eigenvalue weighted by Gasteiger charge is -2.21. The molecule has 29 heavy (non-hydrogen) atoms. The minimum atomic E-state index is -0.275. The van der Waals surface area contributed by atoms with Gasteiger partial charge < -0.3 is 19.5 Å². The number of amides is 1. The molecule has 0 radical (unpaired) electrons. The van der Waals surface area contributed by atoms with Gasteiger partial charge in [-0.25, -0.2) is 4.68 Å². The molecule has 7 nitrogen and oxygen atoms in total. The van der Waals surface area contributed by atoms with Gasteiger partial charge in [0.25, 0.3) is 5.91 Å². The Morgan fingerprint density at radius 2 is 1.90 bits per heavy atom. The number of ether oxygens (including phenoxy) is 3. The van der Waals surface area contributed by atoms with Crippen LogP contribution in [-0.2, 0) is 0 Å². The molecule has 1 aliphatic heterocycles. The highest BCUT2D eigenvalue weighted by Crippen LogP contribution is 2.32. The van der Waals surface area contributed by atoms with E-state index in [1.54, 1.807) is 10.7 Å². The molecule has 1 atom stereocenters. The zero-order valence-corrected chi connectivity index (χ0v) is 16.4. The van der Waals surface area contributed by atoms with Crippen molar-refractivity contribution in [2.75, 3.05) is 19.8 Å². The van der Waals surface area contributed by atoms with E-state index in [-0.39, 0.29) is 11.9 Å². The van der Waals surface area contributed by atoms with Gasteiger partial charge in [-0.15, -0.1) is 0 Å². The number of para-hydroxylation sites is 1. The lowest BCUT2D eigenvalue weighted by molar-refractivity contribution is 0.0934. The van der Waals surface area contributed by atoms with Crippen LogP contribution >= 0.6 is 0 Å². The number of nitrogens with zero attached hydrogens (tertiary/aromatic N) is 2. The van der Waals surface area contributed by atoms with E-state index in [0.29, 0.717) is 37.1 Å². The number of fused-ring (bicyclic) bond motifs is 1. The van der Waals surface area contributed by atoms with Gasteiger partial charge in [-0.1, -0.05) is 24.3 Å². The molecule has 1 unspecified atom stereocenters. The number of hydrogen-bond donors (Lipinski definition) is 1. The standard InChI is InChI=1S/C22H23N3O4/c1-3-27-21-14-18(24-25(21)17-7-5-4-6-8-17)22(26)23-15(2)16-9-10-19-20(13-16)29-12-11-28-19/h4-10,13-15H,3,11-12H2,1-2H3,(H,23,26). The molecular weight excluding hydrogens is 370 g/mol. The molecule has 4 rings (SSSR count). The Kier molecular flexibility index (Phi) is 5.37. The number of aromatic nitrogens is 2. The summed E-state index contributed by atoms with van der Waals surface area (Å²) in [6, 6.07) is 16.7. The van der Waals surface area contributed by atoms with Gasteiger partial charge in [0.2, 0.25) is 5.88 Å². The van der Waals surface area contributed by atoms with E-state index in [2.05, 4.69) is 10.4 Å². The normalized spacial score (nSPS) is 13.6. The monoisotopic (exact) mass is 393 g/mol. The summed E-state index contributed by atoms with van der Waals surface area (Å²) in [6.07, 6.45) is 0. The van der Waals surface area contributed by atoms with Gasteiger partial charge >= 0.3 is 0 Å². The summed E-state index contributed by atoms with van der Waals surface area (Å²) < 4.78 is 18.5. The molecule has 1 aromatic heterocycles. The number of nitrogens with one attached hydrogen (secondary N) is 1. The van der Waals surface area contributed by atoms with E-state index in [0.717, 1.165) is 17.0 Å². The van der Waals surface area contributed by atoms with E-state index < -0.39 is 0 Å². The van der Waals surface area contributed by atoms with Crippen LogP contribution in [0.2, 0.25) is 0 Å². The number of hydrogen-bond acceptors (Lipinski definition) is 5. The number of carbonyl (C=O) groups is 1. The topological polar surface area (TPSA) is 74.6 Å². The molecule has 2 aromatic carbocycles. The Hall–Kier alpha value is -3.48. The van der Waals surface area contributed by atoms with Crippen LogP contribution in [0.1, 0.15) is 35.9 Å². The average molecular weight is 393 g/mol. The second-order valence-electron chi connectivity index (χ2n) is 6.65. The van der Waals surface area contributed by atoms with Gasteiger partial charge in [0, 0.05) is 6.07 Å². The number of benzene rings is 2. The van der Waals surface area contributed by atoms with Gasteiger partial charge in [-0.05, 0) is 43.7 Å². The first-order valence-electron chi connectivity index (χ1n) is 9.64. The fraction of sp³-hybridized carbons (Fsp3) is 0.273. The predicted molar refractivity (Wildman–Crippen MR) is 108 cm³/mol. The second kappa shape index (κ2) is 8.26. The van der Waals surface area contributed by atoms with Crippen molar-refractivity contribution in [2.24, 2.45) is 0 Å². The quantitative estimate of drug-likeness (QED) is 0.693. The fourth-order valence-electron chi connectivity index (χ4n) is 3.16. The van der Waals surface area contributed by atoms with Crippen molar-refractivity contribution in [1.29, 1.82) is 0 Å². The largest absolute Gasteiger partial charge is 0.486 e. The Balaban J connectivity index is 1.53. The van der Waals surface area contributed by atoms with E-state index in [1.807, 2.05) is 62.4 Å². The SMILES string of the molecule is CCOc1cc(C(=O)NC(C)c2ccc3c(c2)OCCO3)nn1-c1ccccc1. The average Bonchev–Trinajstić information content (AvgIpc) is 3.18. The zero-order valence-electron chi connectivity index (χ0n) is 16.4. The second-order valence-corrected chi connectivity index (χ2v) is 6.65. The van der Waals surface area contributed by atoms with Crippen molar-refractivity contribution in [3.8, 4) is 23.1 Å². The summed E-state index contributed by atoms with van der Waals surface area (Å²) in [5, 5.41) is 7.44. The zero-order chi connectivity index (χ0) is 20.2. The van der Waals surface area contributed by atoms with Crippen LogP contribution in [0.3, 0.4) is 0 Å². The summed E-state index contributed by atoms with van der Waals surface area (Å²) in [6.45, 7) is 5.36. The third-order valence-electron chi connectivity index (χ3n) is 4.62. The molecule has 1 amide bonds. The molecule has 0 spiro atoms. The Morgan fingerprint density at radius 1 is 1.14 bits per heavy atom. The van der Waals surface area contributed by atoms with E-state index in [9.17, 15) is 4.79 Å². The number of carbonyl (C=O) groups excluding carboxylic acids is 1. The molecule has 0 saturated carbocycles. The minimum Gasteiger partial charge on any atom is -0.486 e. The summed E-state index contributed by atoms with van der Waals surface area (Å²) in [7, 11) is 0. The van der Waals surface area contributed by atoms with Gasteiger partial charge in [0.1, 0.15) is 13.2 Å². The van der Waals surface area contributed by atoms with Gasteiger partial charge in [-0.2, -0.15) is 5.10 Å². The van der Waals surface area contributed by atoms with Gasteiger partial charge in [0.05, 0.1) is 18.3 Å². The summed E-state index contributed by atoms with van der Waals surface area (Å²) in [4.78, 5) is 12.8. The predicted octanol–water partition coefficient (Wildman–Crippen LogP) is 3.53. The van der Waals surface area contributed by atoms with Gasteiger partial charge in [0.15, 0.2) is 17.2 Å². The van der Waals surface area contributed by atoms with Crippen LogP contribution in [0.15, 0.2) is 54.6 Å².